The highest BCUT2D eigenvalue weighted by Gasteiger charge is 2.21. The molecule has 0 saturated heterocycles. The Morgan fingerprint density at radius 1 is 1.69 bits per heavy atom. The van der Waals surface area contributed by atoms with Crippen molar-refractivity contribution in [3.63, 3.8) is 0 Å². The first-order valence-electron chi connectivity index (χ1n) is 4.32. The molecule has 0 aliphatic heterocycles. The molecule has 1 aromatic rings. The van der Waals surface area contributed by atoms with Crippen LogP contribution >= 0.6 is 33.9 Å². The van der Waals surface area contributed by atoms with Gasteiger partial charge in [-0.05, 0) is 28.7 Å². The number of hydrogen-bond donors (Lipinski definition) is 2. The zero-order valence-corrected chi connectivity index (χ0v) is 11.4. The molecular formula is C9H10INO4S. The maximum Gasteiger partial charge on any atom is 0.330 e. The van der Waals surface area contributed by atoms with E-state index in [0.29, 0.717) is 5.56 Å². The Morgan fingerprint density at radius 2 is 2.38 bits per heavy atom. The van der Waals surface area contributed by atoms with Gasteiger partial charge in [-0.15, -0.1) is 11.3 Å². The van der Waals surface area contributed by atoms with E-state index in [9.17, 15) is 9.59 Å². The number of carbonyl (C=O) groups is 2. The van der Waals surface area contributed by atoms with Crippen LogP contribution in [0.4, 0.5) is 0 Å². The largest absolute Gasteiger partial charge is 0.467 e. The first kappa shape index (κ1) is 13.4. The Hall–Kier alpha value is -0.670. The molecule has 0 bridgehead atoms. The molecular weight excluding hydrogens is 345 g/mol. The Morgan fingerprint density at radius 3 is 2.81 bits per heavy atom. The molecule has 0 aliphatic rings. The summed E-state index contributed by atoms with van der Waals surface area (Å²) in [4.78, 5) is 22.7. The number of aliphatic hydroxyl groups is 1. The summed E-state index contributed by atoms with van der Waals surface area (Å²) in [5, 5.41) is 13.0. The molecule has 16 heavy (non-hydrogen) atoms. The molecule has 1 unspecified atom stereocenters. The molecule has 1 rings (SSSR count). The normalized spacial score (nSPS) is 11.9. The summed E-state index contributed by atoms with van der Waals surface area (Å²) in [6.07, 6.45) is 0. The van der Waals surface area contributed by atoms with Crippen LogP contribution in [0, 0.1) is 2.88 Å². The molecule has 0 saturated carbocycles. The molecule has 5 nitrogen and oxygen atoms in total. The smallest absolute Gasteiger partial charge is 0.330 e. The monoisotopic (exact) mass is 355 g/mol. The average Bonchev–Trinajstić information content (AvgIpc) is 2.71. The van der Waals surface area contributed by atoms with Crippen LogP contribution in [0.15, 0.2) is 11.4 Å². The van der Waals surface area contributed by atoms with Crippen molar-refractivity contribution in [1.29, 1.82) is 0 Å². The van der Waals surface area contributed by atoms with E-state index in [1.807, 2.05) is 0 Å². The molecule has 1 amide bonds. The van der Waals surface area contributed by atoms with Crippen molar-refractivity contribution >= 4 is 45.8 Å². The van der Waals surface area contributed by atoms with Crippen LogP contribution < -0.4 is 5.32 Å². The quantitative estimate of drug-likeness (QED) is 0.613. The van der Waals surface area contributed by atoms with Gasteiger partial charge in [0, 0.05) is 5.38 Å². The highest BCUT2D eigenvalue weighted by molar-refractivity contribution is 14.1. The maximum atomic E-state index is 11.6. The van der Waals surface area contributed by atoms with Crippen molar-refractivity contribution in [1.82, 2.24) is 5.32 Å². The summed E-state index contributed by atoms with van der Waals surface area (Å²) < 4.78 is 5.41. The van der Waals surface area contributed by atoms with Gasteiger partial charge >= 0.3 is 5.97 Å². The zero-order chi connectivity index (χ0) is 12.1. The minimum atomic E-state index is -1.02. The van der Waals surface area contributed by atoms with Gasteiger partial charge < -0.3 is 15.2 Å². The SMILES string of the molecule is COC(=O)C(CO)NC(=O)c1csc(I)c1. The number of carbonyl (C=O) groups excluding carboxylic acids is 2. The lowest BCUT2D eigenvalue weighted by Gasteiger charge is -2.12. The summed E-state index contributed by atoms with van der Waals surface area (Å²) in [6, 6.07) is 0.682. The molecule has 0 spiro atoms. The molecule has 1 heterocycles. The Kier molecular flexibility index (Phi) is 5.16. The Balaban J connectivity index is 2.66. The van der Waals surface area contributed by atoms with Gasteiger partial charge in [0.05, 0.1) is 22.2 Å². The van der Waals surface area contributed by atoms with Crippen molar-refractivity contribution in [3.8, 4) is 0 Å². The summed E-state index contributed by atoms with van der Waals surface area (Å²) in [5.41, 5.74) is 0.469. The van der Waals surface area contributed by atoms with Crippen LogP contribution in [-0.2, 0) is 9.53 Å². The number of aliphatic hydroxyl groups excluding tert-OH is 1. The number of esters is 1. The van der Waals surface area contributed by atoms with Crippen LogP contribution in [0.2, 0.25) is 0 Å². The third-order valence-corrected chi connectivity index (χ3v) is 3.59. The van der Waals surface area contributed by atoms with Crippen molar-refractivity contribution < 1.29 is 19.4 Å². The number of nitrogens with one attached hydrogen (secondary N) is 1. The second-order valence-electron chi connectivity index (χ2n) is 2.87. The van der Waals surface area contributed by atoms with Crippen molar-refractivity contribution in [2.75, 3.05) is 13.7 Å². The van der Waals surface area contributed by atoms with Gasteiger partial charge in [-0.1, -0.05) is 0 Å². The van der Waals surface area contributed by atoms with E-state index in [2.05, 4.69) is 32.6 Å². The van der Waals surface area contributed by atoms with Gasteiger partial charge in [0.15, 0.2) is 6.04 Å². The topological polar surface area (TPSA) is 75.6 Å². The number of thiophene rings is 1. The van der Waals surface area contributed by atoms with Gasteiger partial charge in [-0.2, -0.15) is 0 Å². The first-order valence-corrected chi connectivity index (χ1v) is 6.28. The van der Waals surface area contributed by atoms with Crippen molar-refractivity contribution in [2.24, 2.45) is 0 Å². The van der Waals surface area contributed by atoms with Crippen LogP contribution in [0.25, 0.3) is 0 Å². The van der Waals surface area contributed by atoms with Crippen molar-refractivity contribution in [3.05, 3.63) is 19.9 Å². The average molecular weight is 355 g/mol. The van der Waals surface area contributed by atoms with Crippen LogP contribution in [-0.4, -0.2) is 36.7 Å². The molecule has 0 fully saturated rings. The Bertz CT molecular complexity index is 393. The molecule has 2 N–H and O–H groups in total. The lowest BCUT2D eigenvalue weighted by atomic mass is 10.2. The number of ether oxygens (including phenoxy) is 1. The second kappa shape index (κ2) is 6.16. The van der Waals surface area contributed by atoms with Crippen LogP contribution in [0.3, 0.4) is 0 Å². The number of rotatable bonds is 4. The minimum absolute atomic E-state index is 0.399. The predicted octanol–water partition coefficient (Wildman–Crippen LogP) is 0.616. The highest BCUT2D eigenvalue weighted by atomic mass is 127. The summed E-state index contributed by atoms with van der Waals surface area (Å²) in [7, 11) is 1.20. The van der Waals surface area contributed by atoms with Crippen molar-refractivity contribution in [2.45, 2.75) is 6.04 Å². The third-order valence-electron chi connectivity index (χ3n) is 1.80. The summed E-state index contributed by atoms with van der Waals surface area (Å²) in [6.45, 7) is -0.486. The molecule has 1 aromatic heterocycles. The van der Waals surface area contributed by atoms with Gasteiger partial charge in [-0.25, -0.2) is 4.79 Å². The lowest BCUT2D eigenvalue weighted by Crippen LogP contribution is -2.43. The van der Waals surface area contributed by atoms with Gasteiger partial charge in [0.2, 0.25) is 0 Å². The van der Waals surface area contributed by atoms with E-state index in [0.717, 1.165) is 2.88 Å². The van der Waals surface area contributed by atoms with E-state index in [4.69, 9.17) is 5.11 Å². The van der Waals surface area contributed by atoms with Gasteiger partial charge in [0.1, 0.15) is 0 Å². The molecule has 0 radical (unpaired) electrons. The number of amides is 1. The number of halogens is 1. The number of hydrogen-bond acceptors (Lipinski definition) is 5. The second-order valence-corrected chi connectivity index (χ2v) is 5.68. The van der Waals surface area contributed by atoms with E-state index >= 15 is 0 Å². The minimum Gasteiger partial charge on any atom is -0.467 e. The summed E-state index contributed by atoms with van der Waals surface area (Å²) >= 11 is 3.52. The standard InChI is InChI=1S/C9H10INO4S/c1-15-9(14)6(3-12)11-8(13)5-2-7(10)16-4-5/h2,4,6,12H,3H2,1H3,(H,11,13). The van der Waals surface area contributed by atoms with E-state index in [1.54, 1.807) is 11.4 Å². The fourth-order valence-electron chi connectivity index (χ4n) is 0.992. The van der Waals surface area contributed by atoms with E-state index in [1.165, 1.54) is 18.4 Å². The van der Waals surface area contributed by atoms with E-state index in [-0.39, 0.29) is 0 Å². The summed E-state index contributed by atoms with van der Waals surface area (Å²) in [5.74, 6) is -1.07. The molecule has 7 heteroatoms. The molecule has 0 aromatic carbocycles. The first-order chi connectivity index (χ1) is 7.58. The van der Waals surface area contributed by atoms with Gasteiger partial charge in [0.25, 0.3) is 5.91 Å². The zero-order valence-electron chi connectivity index (χ0n) is 8.40. The fraction of sp³-hybridized carbons (Fsp3) is 0.333. The molecule has 88 valence electrons. The Labute approximate surface area is 110 Å². The maximum absolute atomic E-state index is 11.6. The fourth-order valence-corrected chi connectivity index (χ4v) is 2.32. The van der Waals surface area contributed by atoms with Crippen LogP contribution in [0.1, 0.15) is 10.4 Å². The van der Waals surface area contributed by atoms with E-state index < -0.39 is 24.5 Å². The highest BCUT2D eigenvalue weighted by Crippen LogP contribution is 2.16. The predicted molar refractivity (Wildman–Crippen MR) is 67.4 cm³/mol. The van der Waals surface area contributed by atoms with Gasteiger partial charge in [-0.3, -0.25) is 4.79 Å². The lowest BCUT2D eigenvalue weighted by molar-refractivity contribution is -0.143. The molecule has 0 aliphatic carbocycles. The molecule has 1 atom stereocenters. The number of methoxy groups -OCH3 is 1. The third kappa shape index (κ3) is 3.42. The van der Waals surface area contributed by atoms with Crippen LogP contribution in [0.5, 0.6) is 0 Å².